The first kappa shape index (κ1) is 20.9. The third-order valence-electron chi connectivity index (χ3n) is 8.33. The Morgan fingerprint density at radius 1 is 1.21 bits per heavy atom. The van der Waals surface area contributed by atoms with Crippen LogP contribution in [-0.2, 0) is 9.59 Å². The molecule has 176 valence electrons. The molecule has 0 aromatic carbocycles. The number of thioether (sulfide) groups is 1. The zero-order valence-corrected chi connectivity index (χ0v) is 20.2. The lowest BCUT2D eigenvalue weighted by molar-refractivity contribution is -0.131. The molecule has 4 heterocycles. The molecule has 3 atom stereocenters. The molecule has 7 heteroatoms. The molecule has 2 unspecified atom stereocenters. The van der Waals surface area contributed by atoms with Gasteiger partial charge in [0.15, 0.2) is 0 Å². The zero-order chi connectivity index (χ0) is 22.9. The summed E-state index contributed by atoms with van der Waals surface area (Å²) in [6.45, 7) is 2.27. The van der Waals surface area contributed by atoms with Crippen LogP contribution in [0.2, 0.25) is 0 Å². The molecular weight excluding hydrogens is 444 g/mol. The van der Waals surface area contributed by atoms with Gasteiger partial charge in [-0.1, -0.05) is 24.3 Å². The van der Waals surface area contributed by atoms with E-state index in [1.54, 1.807) is 0 Å². The monoisotopic (exact) mass is 474 g/mol. The summed E-state index contributed by atoms with van der Waals surface area (Å²) in [5, 5.41) is 2.19. The number of dihydropyridines is 1. The Morgan fingerprint density at radius 2 is 2.09 bits per heavy atom. The quantitative estimate of drug-likeness (QED) is 0.607. The van der Waals surface area contributed by atoms with Crippen LogP contribution >= 0.6 is 11.8 Å². The molecule has 0 aromatic heterocycles. The highest BCUT2D eigenvalue weighted by molar-refractivity contribution is 8.06. The Morgan fingerprint density at radius 3 is 2.85 bits per heavy atom. The predicted molar refractivity (Wildman–Crippen MR) is 135 cm³/mol. The Bertz CT molecular complexity index is 1140. The van der Waals surface area contributed by atoms with Gasteiger partial charge in [-0.2, -0.15) is 0 Å². The van der Waals surface area contributed by atoms with Crippen LogP contribution in [0, 0.1) is 17.8 Å². The van der Waals surface area contributed by atoms with Crippen LogP contribution in [0.15, 0.2) is 55.7 Å². The molecule has 7 rings (SSSR count). The van der Waals surface area contributed by atoms with Crippen molar-refractivity contribution in [3.8, 4) is 0 Å². The Kier molecular flexibility index (Phi) is 4.80. The van der Waals surface area contributed by atoms with Crippen LogP contribution in [0.25, 0.3) is 0 Å². The first-order valence-corrected chi connectivity index (χ1v) is 13.7. The Labute approximate surface area is 204 Å². The van der Waals surface area contributed by atoms with E-state index in [2.05, 4.69) is 29.7 Å². The van der Waals surface area contributed by atoms with E-state index >= 15 is 0 Å². The van der Waals surface area contributed by atoms with E-state index in [0.717, 1.165) is 63.9 Å². The average molecular weight is 475 g/mol. The lowest BCUT2D eigenvalue weighted by Gasteiger charge is -2.27. The van der Waals surface area contributed by atoms with Crippen LogP contribution in [0.3, 0.4) is 0 Å². The molecule has 0 aromatic rings. The smallest absolute Gasteiger partial charge is 0.255 e. The maximum absolute atomic E-state index is 13.3. The number of rotatable bonds is 5. The van der Waals surface area contributed by atoms with E-state index in [9.17, 15) is 9.59 Å². The van der Waals surface area contributed by atoms with Crippen LogP contribution in [0.1, 0.15) is 44.9 Å². The van der Waals surface area contributed by atoms with Gasteiger partial charge < -0.3 is 4.90 Å². The number of allylic oxidation sites excluding steroid dienone is 6. The number of aliphatic imine (C=N–C) groups is 2. The van der Waals surface area contributed by atoms with Crippen LogP contribution in [-0.4, -0.2) is 64.9 Å². The first-order valence-electron chi connectivity index (χ1n) is 12.8. The fourth-order valence-corrected chi connectivity index (χ4v) is 6.83. The van der Waals surface area contributed by atoms with Crippen molar-refractivity contribution in [3.05, 3.63) is 45.8 Å². The Hall–Kier alpha value is -2.41. The van der Waals surface area contributed by atoms with Crippen molar-refractivity contribution in [2.45, 2.75) is 56.5 Å². The van der Waals surface area contributed by atoms with Crippen molar-refractivity contribution in [3.63, 3.8) is 0 Å². The molecule has 6 nitrogen and oxygen atoms in total. The van der Waals surface area contributed by atoms with E-state index < -0.39 is 5.54 Å². The summed E-state index contributed by atoms with van der Waals surface area (Å²) >= 11 is 1.83. The maximum atomic E-state index is 13.3. The predicted octanol–water partition coefficient (Wildman–Crippen LogP) is 3.88. The average Bonchev–Trinajstić information content (AvgIpc) is 3.74. The minimum Gasteiger partial charge on any atom is -0.342 e. The minimum absolute atomic E-state index is 0.0875. The van der Waals surface area contributed by atoms with Gasteiger partial charge in [-0.25, -0.2) is 0 Å². The van der Waals surface area contributed by atoms with Gasteiger partial charge in [-0.05, 0) is 72.3 Å². The third-order valence-corrected chi connectivity index (χ3v) is 9.33. The standard InChI is InChI=1S/C27H30N4O2S/c32-25(18-1-2-18)30-11-7-17(15-30)16-31-24(29-27(9-10-27)26(31)33)22-5-3-21(14-28-22)19-4-6-23-20(13-19)8-12-34-23/h3-4,6,8,12,14,17-18,20,22H,1-2,5,7,9-11,13,15-16H2/t17-,20?,22?/m1/s1. The van der Waals surface area contributed by atoms with Gasteiger partial charge in [0.1, 0.15) is 17.4 Å². The molecular formula is C27H30N4O2S. The van der Waals surface area contributed by atoms with Crippen LogP contribution < -0.4 is 0 Å². The molecule has 1 saturated heterocycles. The van der Waals surface area contributed by atoms with Gasteiger partial charge in [-0.3, -0.25) is 24.5 Å². The SMILES string of the molecule is O=C(C1CC1)N1CC[C@@H](CN2C(=O)C3(CC3)N=C2C2CC=C(C3=CC=C4SC=CC4C3)C=N2)C1. The van der Waals surface area contributed by atoms with Gasteiger partial charge in [0.05, 0.1) is 0 Å². The lowest BCUT2D eigenvalue weighted by atomic mass is 9.88. The maximum Gasteiger partial charge on any atom is 0.255 e. The van der Waals surface area contributed by atoms with Gasteiger partial charge >= 0.3 is 0 Å². The van der Waals surface area contributed by atoms with Crippen molar-refractivity contribution in [1.29, 1.82) is 0 Å². The van der Waals surface area contributed by atoms with E-state index in [1.165, 1.54) is 16.1 Å². The molecule has 2 saturated carbocycles. The normalized spacial score (nSPS) is 33.2. The van der Waals surface area contributed by atoms with Gasteiger partial charge in [0.25, 0.3) is 5.91 Å². The van der Waals surface area contributed by atoms with Crippen molar-refractivity contribution in [2.75, 3.05) is 19.6 Å². The number of fused-ring (bicyclic) bond motifs is 1. The fraction of sp³-hybridized carbons (Fsp3) is 0.556. The van der Waals surface area contributed by atoms with E-state index in [-0.39, 0.29) is 17.9 Å². The van der Waals surface area contributed by atoms with E-state index in [4.69, 9.17) is 9.98 Å². The highest BCUT2D eigenvalue weighted by atomic mass is 32.2. The molecule has 1 spiro atoms. The van der Waals surface area contributed by atoms with Crippen molar-refractivity contribution in [1.82, 2.24) is 9.80 Å². The summed E-state index contributed by atoms with van der Waals surface area (Å²) in [7, 11) is 0. The number of likely N-dealkylation sites (tertiary alicyclic amines) is 1. The van der Waals surface area contributed by atoms with Gasteiger partial charge in [-0.15, -0.1) is 11.8 Å². The number of carbonyl (C=O) groups is 2. The van der Waals surface area contributed by atoms with Crippen LogP contribution in [0.4, 0.5) is 0 Å². The molecule has 2 amide bonds. The molecule has 34 heavy (non-hydrogen) atoms. The summed E-state index contributed by atoms with van der Waals surface area (Å²) in [5.41, 5.74) is 2.05. The second kappa shape index (κ2) is 7.80. The summed E-state index contributed by atoms with van der Waals surface area (Å²) in [6, 6.07) is -0.0875. The molecule has 3 fully saturated rings. The van der Waals surface area contributed by atoms with Crippen molar-refractivity contribution >= 4 is 35.6 Å². The van der Waals surface area contributed by atoms with Crippen molar-refractivity contribution < 1.29 is 9.59 Å². The number of hydrogen-bond donors (Lipinski definition) is 0. The summed E-state index contributed by atoms with van der Waals surface area (Å²) < 4.78 is 0. The molecule has 4 aliphatic heterocycles. The number of nitrogens with zero attached hydrogens (tertiary/aromatic N) is 4. The topological polar surface area (TPSA) is 65.3 Å². The Balaban J connectivity index is 1.05. The van der Waals surface area contributed by atoms with Gasteiger partial charge in [0, 0.05) is 37.7 Å². The zero-order valence-electron chi connectivity index (χ0n) is 19.4. The fourth-order valence-electron chi connectivity index (χ4n) is 5.92. The number of carbonyl (C=O) groups excluding carboxylic acids is 2. The lowest BCUT2D eigenvalue weighted by Crippen LogP contribution is -2.44. The van der Waals surface area contributed by atoms with Gasteiger partial charge in [0.2, 0.25) is 5.91 Å². The van der Waals surface area contributed by atoms with E-state index in [0.29, 0.717) is 24.3 Å². The highest BCUT2D eigenvalue weighted by Crippen LogP contribution is 2.47. The molecule has 3 aliphatic carbocycles. The third kappa shape index (κ3) is 3.55. The van der Waals surface area contributed by atoms with Crippen molar-refractivity contribution in [2.24, 2.45) is 27.7 Å². The molecule has 0 N–H and O–H groups in total. The largest absolute Gasteiger partial charge is 0.342 e. The minimum atomic E-state index is -0.503. The summed E-state index contributed by atoms with van der Waals surface area (Å²) in [5.74, 6) is 2.45. The second-order valence-corrected chi connectivity index (χ2v) is 11.8. The van der Waals surface area contributed by atoms with Crippen LogP contribution in [0.5, 0.6) is 0 Å². The second-order valence-electron chi connectivity index (χ2n) is 10.8. The summed E-state index contributed by atoms with van der Waals surface area (Å²) in [6.07, 6.45) is 17.6. The first-order chi connectivity index (χ1) is 16.6. The highest BCUT2D eigenvalue weighted by Gasteiger charge is 2.58. The number of amidine groups is 1. The number of hydrogen-bond acceptors (Lipinski definition) is 5. The van der Waals surface area contributed by atoms with E-state index in [1.807, 2.05) is 27.8 Å². The number of amides is 2. The molecule has 7 aliphatic rings. The molecule has 0 bridgehead atoms. The summed E-state index contributed by atoms with van der Waals surface area (Å²) in [4.78, 5) is 41.1. The molecule has 0 radical (unpaired) electrons.